The van der Waals surface area contributed by atoms with Crippen LogP contribution in [0.5, 0.6) is 11.5 Å². The van der Waals surface area contributed by atoms with Crippen LogP contribution in [0, 0.1) is 36.1 Å². The Balaban J connectivity index is 1.54. The maximum Gasteiger partial charge on any atom is 0.432 e. The van der Waals surface area contributed by atoms with Crippen molar-refractivity contribution in [3.8, 4) is 11.5 Å². The van der Waals surface area contributed by atoms with E-state index in [0.717, 1.165) is 37.3 Å². The van der Waals surface area contributed by atoms with Crippen LogP contribution in [0.25, 0.3) is 0 Å². The molecular weight excluding hydrogens is 474 g/mol. The van der Waals surface area contributed by atoms with Crippen LogP contribution >= 0.6 is 0 Å². The minimum absolute atomic E-state index is 0.155. The van der Waals surface area contributed by atoms with Crippen molar-refractivity contribution >= 4 is 5.97 Å². The minimum Gasteiger partial charge on any atom is -0.429 e. The highest BCUT2D eigenvalue weighted by atomic mass is 19.3. The molecule has 0 radical (unpaired) electrons. The van der Waals surface area contributed by atoms with Gasteiger partial charge in [-0.2, -0.15) is 8.78 Å². The van der Waals surface area contributed by atoms with E-state index in [9.17, 15) is 31.1 Å². The van der Waals surface area contributed by atoms with Gasteiger partial charge in [-0.05, 0) is 48.9 Å². The summed E-state index contributed by atoms with van der Waals surface area (Å²) in [5.74, 6) is -7.92. The van der Waals surface area contributed by atoms with E-state index in [1.807, 2.05) is 0 Å². The first-order valence-corrected chi connectivity index (χ1v) is 10.8. The summed E-state index contributed by atoms with van der Waals surface area (Å²) < 4.78 is 94.6. The fourth-order valence-corrected chi connectivity index (χ4v) is 4.06. The highest BCUT2D eigenvalue weighted by Gasteiger charge is 2.41. The number of rotatable bonds is 6. The molecular formula is C26H20F6O3. The van der Waals surface area contributed by atoms with Crippen molar-refractivity contribution in [2.75, 3.05) is 0 Å². The summed E-state index contributed by atoms with van der Waals surface area (Å²) in [6.45, 7) is 3.15. The average Bonchev–Trinajstić information content (AvgIpc) is 3.19. The molecule has 0 saturated carbocycles. The van der Waals surface area contributed by atoms with Gasteiger partial charge in [-0.25, -0.2) is 22.4 Å². The highest BCUT2D eigenvalue weighted by Crippen LogP contribution is 2.37. The molecule has 3 aromatic rings. The van der Waals surface area contributed by atoms with E-state index in [4.69, 9.17) is 4.74 Å². The lowest BCUT2D eigenvalue weighted by molar-refractivity contribution is -0.189. The number of esters is 1. The second kappa shape index (κ2) is 9.28. The van der Waals surface area contributed by atoms with Crippen molar-refractivity contribution in [3.63, 3.8) is 0 Å². The first kappa shape index (κ1) is 24.6. The fourth-order valence-electron chi connectivity index (χ4n) is 4.06. The standard InChI is InChI=1S/C26H20F6O3/c1-3-14-6-15-4-5-16(8-17(15)7-14)25(33)34-18-9-22(29)24(23(30)10-18)26(31,32)35-19-11-20(27)13(2)21(28)12-19/h4-5,8-12,14H,3,6-7H2,1-2H3. The van der Waals surface area contributed by atoms with E-state index in [1.165, 1.54) is 6.07 Å². The number of halogens is 6. The Hall–Kier alpha value is -3.49. The van der Waals surface area contributed by atoms with Crippen LogP contribution in [-0.4, -0.2) is 5.97 Å². The molecule has 1 atom stereocenters. The lowest BCUT2D eigenvalue weighted by Gasteiger charge is -2.20. The van der Waals surface area contributed by atoms with Gasteiger partial charge in [0.1, 0.15) is 40.3 Å². The van der Waals surface area contributed by atoms with Gasteiger partial charge in [0.15, 0.2) is 0 Å². The third-order valence-corrected chi connectivity index (χ3v) is 6.05. The molecule has 1 aliphatic carbocycles. The number of fused-ring (bicyclic) bond motifs is 1. The van der Waals surface area contributed by atoms with Gasteiger partial charge in [-0.15, -0.1) is 0 Å². The maximum atomic E-state index is 14.5. The molecule has 9 heteroatoms. The van der Waals surface area contributed by atoms with Crippen LogP contribution < -0.4 is 9.47 Å². The number of hydrogen-bond donors (Lipinski definition) is 0. The first-order valence-electron chi connectivity index (χ1n) is 10.8. The van der Waals surface area contributed by atoms with Gasteiger partial charge < -0.3 is 9.47 Å². The number of benzene rings is 3. The average molecular weight is 494 g/mol. The molecule has 0 aliphatic heterocycles. The summed E-state index contributed by atoms with van der Waals surface area (Å²) in [5, 5.41) is 0. The smallest absolute Gasteiger partial charge is 0.429 e. The summed E-state index contributed by atoms with van der Waals surface area (Å²) in [7, 11) is 0. The van der Waals surface area contributed by atoms with Crippen LogP contribution in [0.2, 0.25) is 0 Å². The molecule has 0 N–H and O–H groups in total. The van der Waals surface area contributed by atoms with Crippen molar-refractivity contribution < 1.29 is 40.6 Å². The predicted octanol–water partition coefficient (Wildman–Crippen LogP) is 7.02. The maximum absolute atomic E-state index is 14.5. The first-order chi connectivity index (χ1) is 16.5. The van der Waals surface area contributed by atoms with Gasteiger partial charge in [0.25, 0.3) is 0 Å². The second-order valence-electron chi connectivity index (χ2n) is 8.45. The van der Waals surface area contributed by atoms with Gasteiger partial charge >= 0.3 is 12.1 Å². The Morgan fingerprint density at radius 1 is 0.886 bits per heavy atom. The molecule has 35 heavy (non-hydrogen) atoms. The van der Waals surface area contributed by atoms with E-state index in [1.54, 1.807) is 12.1 Å². The van der Waals surface area contributed by atoms with E-state index < -0.39 is 58.0 Å². The quantitative estimate of drug-likeness (QED) is 0.210. The zero-order valence-electron chi connectivity index (χ0n) is 18.7. The third kappa shape index (κ3) is 4.99. The second-order valence-corrected chi connectivity index (χ2v) is 8.45. The summed E-state index contributed by atoms with van der Waals surface area (Å²) in [6.07, 6.45) is -1.94. The van der Waals surface area contributed by atoms with Crippen LogP contribution in [-0.2, 0) is 19.0 Å². The Bertz CT molecular complexity index is 1260. The zero-order chi connectivity index (χ0) is 25.5. The number of alkyl halides is 2. The van der Waals surface area contributed by atoms with Gasteiger partial charge in [0.05, 0.1) is 5.56 Å². The SMILES string of the molecule is CCC1Cc2ccc(C(=O)Oc3cc(F)c(C(F)(F)Oc4cc(F)c(C)c(F)c4)c(F)c3)cc2C1. The van der Waals surface area contributed by atoms with Crippen LogP contribution in [0.1, 0.15) is 46.0 Å². The zero-order valence-corrected chi connectivity index (χ0v) is 18.7. The fraction of sp³-hybridized carbons (Fsp3) is 0.269. The molecule has 0 saturated heterocycles. The molecule has 0 heterocycles. The Labute approximate surface area is 197 Å². The molecule has 1 unspecified atom stereocenters. The molecule has 1 aliphatic rings. The number of ether oxygens (including phenoxy) is 2. The molecule has 3 aromatic carbocycles. The summed E-state index contributed by atoms with van der Waals surface area (Å²) in [5.41, 5.74) is 0.0206. The van der Waals surface area contributed by atoms with E-state index in [-0.39, 0.29) is 5.56 Å². The number of carbonyl (C=O) groups is 1. The lowest BCUT2D eigenvalue weighted by Crippen LogP contribution is -2.25. The van der Waals surface area contributed by atoms with Gasteiger partial charge in [-0.3, -0.25) is 0 Å². The molecule has 0 spiro atoms. The van der Waals surface area contributed by atoms with Crippen molar-refractivity contribution in [1.29, 1.82) is 0 Å². The molecule has 0 bridgehead atoms. The van der Waals surface area contributed by atoms with Crippen molar-refractivity contribution in [2.45, 2.75) is 39.2 Å². The Kier molecular flexibility index (Phi) is 6.53. The summed E-state index contributed by atoms with van der Waals surface area (Å²) in [6, 6.07) is 6.73. The third-order valence-electron chi connectivity index (χ3n) is 6.05. The van der Waals surface area contributed by atoms with E-state index >= 15 is 0 Å². The van der Waals surface area contributed by atoms with Gasteiger partial charge in [-0.1, -0.05) is 19.4 Å². The number of carbonyl (C=O) groups excluding carboxylic acids is 1. The normalized spacial score (nSPS) is 15.1. The molecule has 0 amide bonds. The van der Waals surface area contributed by atoms with Crippen molar-refractivity contribution in [3.05, 3.63) is 93.6 Å². The van der Waals surface area contributed by atoms with E-state index in [2.05, 4.69) is 11.7 Å². The predicted molar refractivity (Wildman–Crippen MR) is 115 cm³/mol. The molecule has 4 rings (SSSR count). The molecule has 184 valence electrons. The molecule has 3 nitrogen and oxygen atoms in total. The highest BCUT2D eigenvalue weighted by molar-refractivity contribution is 5.91. The monoisotopic (exact) mass is 494 g/mol. The van der Waals surface area contributed by atoms with Gasteiger partial charge in [0.2, 0.25) is 0 Å². The summed E-state index contributed by atoms with van der Waals surface area (Å²) >= 11 is 0. The molecule has 0 aromatic heterocycles. The number of hydrogen-bond acceptors (Lipinski definition) is 3. The minimum atomic E-state index is -4.62. The lowest BCUT2D eigenvalue weighted by atomic mass is 10.0. The van der Waals surface area contributed by atoms with Crippen LogP contribution in [0.15, 0.2) is 42.5 Å². The van der Waals surface area contributed by atoms with Crippen molar-refractivity contribution in [1.82, 2.24) is 0 Å². The largest absolute Gasteiger partial charge is 0.432 e. The van der Waals surface area contributed by atoms with E-state index in [0.29, 0.717) is 30.2 Å². The summed E-state index contributed by atoms with van der Waals surface area (Å²) in [4.78, 5) is 12.5. The van der Waals surface area contributed by atoms with Gasteiger partial charge in [0, 0.05) is 29.8 Å². The van der Waals surface area contributed by atoms with Crippen molar-refractivity contribution in [2.24, 2.45) is 5.92 Å². The topological polar surface area (TPSA) is 35.5 Å². The Morgan fingerprint density at radius 2 is 1.46 bits per heavy atom. The Morgan fingerprint density at radius 3 is 2.06 bits per heavy atom. The van der Waals surface area contributed by atoms with Crippen LogP contribution in [0.4, 0.5) is 26.3 Å². The molecule has 0 fully saturated rings. The van der Waals surface area contributed by atoms with Crippen LogP contribution in [0.3, 0.4) is 0 Å².